The molecule has 0 aliphatic carbocycles. The molecule has 0 saturated carbocycles. The smallest absolute Gasteiger partial charge is 0.397 e. The molecule has 0 spiro atoms. The van der Waals surface area contributed by atoms with Crippen LogP contribution in [0.25, 0.3) is 10.2 Å². The number of hydrogen-bond donors (Lipinski definition) is 3. The van der Waals surface area contributed by atoms with E-state index in [2.05, 4.69) is 10.3 Å². The molecule has 0 fully saturated rings. The first-order valence-electron chi connectivity index (χ1n) is 8.11. The van der Waals surface area contributed by atoms with Crippen molar-refractivity contribution in [2.75, 3.05) is 12.3 Å². The van der Waals surface area contributed by atoms with Crippen LogP contribution >= 0.6 is 11.3 Å². The van der Waals surface area contributed by atoms with E-state index in [9.17, 15) is 18.0 Å². The van der Waals surface area contributed by atoms with Crippen molar-refractivity contribution in [2.45, 2.75) is 19.1 Å². The Bertz CT molecular complexity index is 967. The van der Waals surface area contributed by atoms with Crippen molar-refractivity contribution in [2.24, 2.45) is 5.73 Å². The second-order valence-corrected chi connectivity index (χ2v) is 6.91. The normalized spacial score (nSPS) is 11.7. The molecule has 0 unspecified atom stereocenters. The van der Waals surface area contributed by atoms with Crippen molar-refractivity contribution < 1.29 is 18.0 Å². The van der Waals surface area contributed by atoms with Crippen molar-refractivity contribution in [3.8, 4) is 0 Å². The Labute approximate surface area is 157 Å². The topological polar surface area (TPSA) is 94.0 Å². The first-order valence-corrected chi connectivity index (χ1v) is 8.93. The first-order chi connectivity index (χ1) is 12.8. The van der Waals surface area contributed by atoms with Crippen LogP contribution in [0.15, 0.2) is 36.5 Å². The fourth-order valence-corrected chi connectivity index (χ4v) is 3.70. The quantitative estimate of drug-likeness (QED) is 0.619. The number of benzene rings is 1. The summed E-state index contributed by atoms with van der Waals surface area (Å²) in [5.74, 6) is -0.512. The molecule has 1 amide bonds. The number of rotatable bonds is 5. The molecule has 0 aliphatic rings. The lowest BCUT2D eigenvalue weighted by atomic mass is 10.1. The van der Waals surface area contributed by atoms with Gasteiger partial charge >= 0.3 is 6.18 Å². The second-order valence-electron chi connectivity index (χ2n) is 5.91. The van der Waals surface area contributed by atoms with Gasteiger partial charge in [0.2, 0.25) is 0 Å². The van der Waals surface area contributed by atoms with E-state index >= 15 is 0 Å². The van der Waals surface area contributed by atoms with Crippen LogP contribution in [0.3, 0.4) is 0 Å². The van der Waals surface area contributed by atoms with Gasteiger partial charge in [0.1, 0.15) is 9.71 Å². The van der Waals surface area contributed by atoms with Crippen LogP contribution in [0.4, 0.5) is 18.9 Å². The molecule has 0 aliphatic heterocycles. The molecule has 142 valence electrons. The highest BCUT2D eigenvalue weighted by molar-refractivity contribution is 7.21. The lowest BCUT2D eigenvalue weighted by Gasteiger charge is -2.08. The van der Waals surface area contributed by atoms with Crippen molar-refractivity contribution in [3.63, 3.8) is 0 Å². The maximum Gasteiger partial charge on any atom is 0.417 e. The number of alkyl halides is 3. The van der Waals surface area contributed by atoms with Gasteiger partial charge in [0.25, 0.3) is 5.91 Å². The van der Waals surface area contributed by atoms with Gasteiger partial charge in [-0.2, -0.15) is 13.2 Å². The number of anilines is 1. The van der Waals surface area contributed by atoms with Gasteiger partial charge in [0.15, 0.2) is 0 Å². The molecule has 3 rings (SSSR count). The summed E-state index contributed by atoms with van der Waals surface area (Å²) in [6, 6.07) is 8.51. The molecule has 5 nitrogen and oxygen atoms in total. The zero-order valence-electron chi connectivity index (χ0n) is 14.1. The standard InChI is InChI=1S/C18H17F3N4OS/c19-18(20,21)12-6-8-25-17-13(12)14(23)15(27-17)16(26)24-7-5-10-1-3-11(9-22)4-2-10/h1-4,6,8H,5,7,9,22-23H2,(H,24,26). The molecule has 0 bridgehead atoms. The second kappa shape index (κ2) is 7.53. The Morgan fingerprint density at radius 1 is 1.15 bits per heavy atom. The lowest BCUT2D eigenvalue weighted by Crippen LogP contribution is -2.25. The number of fused-ring (bicyclic) bond motifs is 1. The SMILES string of the molecule is NCc1ccc(CCNC(=O)c2sc3nccc(C(F)(F)F)c3c2N)cc1. The molecule has 0 radical (unpaired) electrons. The number of amides is 1. The average molecular weight is 394 g/mol. The summed E-state index contributed by atoms with van der Waals surface area (Å²) in [6.45, 7) is 0.782. The van der Waals surface area contributed by atoms with Crippen molar-refractivity contribution in [3.05, 3.63) is 58.1 Å². The van der Waals surface area contributed by atoms with Gasteiger partial charge < -0.3 is 16.8 Å². The van der Waals surface area contributed by atoms with Gasteiger partial charge in [-0.05, 0) is 23.6 Å². The summed E-state index contributed by atoms with van der Waals surface area (Å²) in [4.78, 5) is 16.4. The fourth-order valence-electron chi connectivity index (χ4n) is 2.69. The van der Waals surface area contributed by atoms with Crippen LogP contribution < -0.4 is 16.8 Å². The van der Waals surface area contributed by atoms with Gasteiger partial charge in [-0.1, -0.05) is 24.3 Å². The number of nitrogen functional groups attached to an aromatic ring is 1. The highest BCUT2D eigenvalue weighted by atomic mass is 32.1. The van der Waals surface area contributed by atoms with E-state index in [-0.39, 0.29) is 20.8 Å². The number of pyridine rings is 1. The van der Waals surface area contributed by atoms with Gasteiger partial charge in [-0.3, -0.25) is 4.79 Å². The number of hydrogen-bond acceptors (Lipinski definition) is 5. The summed E-state index contributed by atoms with van der Waals surface area (Å²) in [7, 11) is 0. The molecule has 9 heteroatoms. The van der Waals surface area contributed by atoms with Gasteiger partial charge in [0, 0.05) is 24.7 Å². The van der Waals surface area contributed by atoms with Crippen molar-refractivity contribution in [1.82, 2.24) is 10.3 Å². The van der Waals surface area contributed by atoms with Crippen LogP contribution in [-0.2, 0) is 19.1 Å². The minimum Gasteiger partial charge on any atom is -0.397 e. The third kappa shape index (κ3) is 4.04. The Kier molecular flexibility index (Phi) is 5.33. The fraction of sp³-hybridized carbons (Fsp3) is 0.222. The van der Waals surface area contributed by atoms with E-state index in [1.165, 1.54) is 0 Å². The highest BCUT2D eigenvalue weighted by Crippen LogP contribution is 2.41. The predicted octanol–water partition coefficient (Wildman–Crippen LogP) is 3.33. The van der Waals surface area contributed by atoms with Crippen molar-refractivity contribution in [1.29, 1.82) is 0 Å². The van der Waals surface area contributed by atoms with Gasteiger partial charge in [0.05, 0.1) is 11.3 Å². The van der Waals surface area contributed by atoms with Crippen LogP contribution in [0.1, 0.15) is 26.4 Å². The monoisotopic (exact) mass is 394 g/mol. The molecule has 5 N–H and O–H groups in total. The molecule has 0 atom stereocenters. The van der Waals surface area contributed by atoms with E-state index in [1.807, 2.05) is 24.3 Å². The largest absolute Gasteiger partial charge is 0.417 e. The number of nitrogens with two attached hydrogens (primary N) is 2. The van der Waals surface area contributed by atoms with Crippen LogP contribution in [-0.4, -0.2) is 17.4 Å². The third-order valence-electron chi connectivity index (χ3n) is 4.10. The number of nitrogens with zero attached hydrogens (tertiary/aromatic N) is 1. The van der Waals surface area contributed by atoms with Crippen molar-refractivity contribution >= 4 is 33.1 Å². The Balaban J connectivity index is 1.75. The van der Waals surface area contributed by atoms with E-state index in [1.54, 1.807) is 0 Å². The van der Waals surface area contributed by atoms with Crippen LogP contribution in [0, 0.1) is 0 Å². The highest BCUT2D eigenvalue weighted by Gasteiger charge is 2.35. The molecule has 0 saturated heterocycles. The zero-order chi connectivity index (χ0) is 19.6. The molecule has 2 aromatic heterocycles. The number of aromatic nitrogens is 1. The molecule has 3 aromatic rings. The van der Waals surface area contributed by atoms with E-state index in [4.69, 9.17) is 11.5 Å². The summed E-state index contributed by atoms with van der Waals surface area (Å²) in [5.41, 5.74) is 12.3. The predicted molar refractivity (Wildman–Crippen MR) is 99.4 cm³/mol. The third-order valence-corrected chi connectivity index (χ3v) is 5.21. The maximum absolute atomic E-state index is 13.2. The molecule has 2 heterocycles. The Hall–Kier alpha value is -2.65. The molecular weight excluding hydrogens is 377 g/mol. The van der Waals surface area contributed by atoms with E-state index in [0.717, 1.165) is 34.7 Å². The van der Waals surface area contributed by atoms with E-state index in [0.29, 0.717) is 19.5 Å². The number of thiophene rings is 1. The first kappa shape index (κ1) is 19.1. The maximum atomic E-state index is 13.2. The Morgan fingerprint density at radius 2 is 1.81 bits per heavy atom. The number of nitrogens with one attached hydrogen (secondary N) is 1. The van der Waals surface area contributed by atoms with Gasteiger partial charge in [-0.25, -0.2) is 4.98 Å². The molecule has 27 heavy (non-hydrogen) atoms. The van der Waals surface area contributed by atoms with Crippen LogP contribution in [0.5, 0.6) is 0 Å². The van der Waals surface area contributed by atoms with Crippen LogP contribution in [0.2, 0.25) is 0 Å². The zero-order valence-corrected chi connectivity index (χ0v) is 15.0. The molecular formula is C18H17F3N4OS. The summed E-state index contributed by atoms with van der Waals surface area (Å²) in [6.07, 6.45) is -2.93. The molecule has 1 aromatic carbocycles. The minimum absolute atomic E-state index is 0.0349. The van der Waals surface area contributed by atoms with E-state index < -0.39 is 17.6 Å². The summed E-state index contributed by atoms with van der Waals surface area (Å²) >= 11 is 0.851. The Morgan fingerprint density at radius 3 is 2.44 bits per heavy atom. The number of halogens is 3. The average Bonchev–Trinajstić information content (AvgIpc) is 2.98. The summed E-state index contributed by atoms with van der Waals surface area (Å²) in [5, 5.41) is 2.47. The lowest BCUT2D eigenvalue weighted by molar-refractivity contribution is -0.136. The number of carbonyl (C=O) groups excluding carboxylic acids is 1. The van der Waals surface area contributed by atoms with Gasteiger partial charge in [-0.15, -0.1) is 11.3 Å². The minimum atomic E-state index is -4.57. The number of carbonyl (C=O) groups is 1. The summed E-state index contributed by atoms with van der Waals surface area (Å²) < 4.78 is 39.5.